The quantitative estimate of drug-likeness (QED) is 0.177. The Morgan fingerprint density at radius 3 is 2.24 bits per heavy atom. The summed E-state index contributed by atoms with van der Waals surface area (Å²) in [7, 11) is 3.30. The van der Waals surface area contributed by atoms with Crippen LogP contribution in [0.1, 0.15) is 62.5 Å². The number of rotatable bonds is 14. The predicted octanol–water partition coefficient (Wildman–Crippen LogP) is 4.83. The fourth-order valence-corrected chi connectivity index (χ4v) is 5.82. The number of nitrogens with one attached hydrogen (secondary N) is 5. The highest BCUT2D eigenvalue weighted by atomic mass is 16.5. The van der Waals surface area contributed by atoms with Gasteiger partial charge in [-0.2, -0.15) is 4.98 Å². The third-order valence-electron chi connectivity index (χ3n) is 8.25. The Kier molecular flexibility index (Phi) is 10.9. The summed E-state index contributed by atoms with van der Waals surface area (Å²) < 4.78 is 11.1. The van der Waals surface area contributed by atoms with Gasteiger partial charge in [0.15, 0.2) is 11.5 Å². The molecule has 1 saturated heterocycles. The first-order chi connectivity index (χ1) is 20.2. The zero-order valence-corrected chi connectivity index (χ0v) is 24.7. The molecule has 0 atom stereocenters. The average Bonchev–Trinajstić information content (AvgIpc) is 3.02. The van der Waals surface area contributed by atoms with Crippen molar-refractivity contribution < 1.29 is 9.47 Å². The summed E-state index contributed by atoms with van der Waals surface area (Å²) in [5, 5.41) is 18.8. The number of fused-ring (bicyclic) bond motifs is 1. The molecule has 222 valence electrons. The van der Waals surface area contributed by atoms with E-state index in [9.17, 15) is 0 Å². The molecule has 5 N–H and O–H groups in total. The van der Waals surface area contributed by atoms with Crippen LogP contribution in [0, 0.1) is 0 Å². The number of hydrogen-bond acceptors (Lipinski definition) is 9. The summed E-state index contributed by atoms with van der Waals surface area (Å²) in [5.74, 6) is 2.74. The van der Waals surface area contributed by atoms with Crippen LogP contribution < -0.4 is 36.1 Å². The normalized spacial score (nSPS) is 16.5. The van der Waals surface area contributed by atoms with E-state index in [1.54, 1.807) is 14.2 Å². The number of ether oxygens (including phenoxy) is 2. The molecule has 1 aliphatic carbocycles. The standard InChI is InChI=1S/C32H47N7O2/c1-40-29-19-27-28(20-30(29)41-2)38-32(39-31(27)37-26-13-17-33-18-14-26)36-22-24-11-9-23(10-12-24)21-34-15-6-16-35-25-7-4-3-5-8-25/h9-12,19-20,25-26,33-35H,3-8,13-18,21-22H2,1-2H3,(H2,36,37,38,39). The van der Waals surface area contributed by atoms with Crippen LogP contribution in [0.5, 0.6) is 11.5 Å². The van der Waals surface area contributed by atoms with Gasteiger partial charge in [0.2, 0.25) is 5.95 Å². The highest BCUT2D eigenvalue weighted by Gasteiger charge is 2.18. The van der Waals surface area contributed by atoms with Gasteiger partial charge in [0.25, 0.3) is 0 Å². The first kappa shape index (κ1) is 29.4. The Labute approximate surface area is 244 Å². The van der Waals surface area contributed by atoms with E-state index >= 15 is 0 Å². The molecule has 2 aromatic carbocycles. The lowest BCUT2D eigenvalue weighted by molar-refractivity contribution is 0.356. The predicted molar refractivity (Wildman–Crippen MR) is 167 cm³/mol. The fraction of sp³-hybridized carbons (Fsp3) is 0.562. The van der Waals surface area contributed by atoms with Gasteiger partial charge in [-0.25, -0.2) is 4.98 Å². The molecule has 1 aromatic heterocycles. The minimum absolute atomic E-state index is 0.365. The van der Waals surface area contributed by atoms with Crippen molar-refractivity contribution in [1.82, 2.24) is 25.9 Å². The maximum absolute atomic E-state index is 5.56. The monoisotopic (exact) mass is 561 g/mol. The van der Waals surface area contributed by atoms with Crippen LogP contribution in [0.3, 0.4) is 0 Å². The smallest absolute Gasteiger partial charge is 0.225 e. The molecule has 9 nitrogen and oxygen atoms in total. The summed E-state index contributed by atoms with van der Waals surface area (Å²) in [6.07, 6.45) is 10.2. The zero-order chi connectivity index (χ0) is 28.3. The molecule has 5 rings (SSSR count). The first-order valence-electron chi connectivity index (χ1n) is 15.4. The van der Waals surface area contributed by atoms with Crippen molar-refractivity contribution in [3.63, 3.8) is 0 Å². The summed E-state index contributed by atoms with van der Waals surface area (Å²) in [4.78, 5) is 9.70. The van der Waals surface area contributed by atoms with Crippen molar-refractivity contribution >= 4 is 22.7 Å². The largest absolute Gasteiger partial charge is 0.493 e. The van der Waals surface area contributed by atoms with Crippen LogP contribution in [-0.4, -0.2) is 62.5 Å². The van der Waals surface area contributed by atoms with E-state index in [1.165, 1.54) is 43.2 Å². The SMILES string of the molecule is COc1cc2nc(NCc3ccc(CNCCCNC4CCCCC4)cc3)nc(NC3CCNCC3)c2cc1OC. The summed E-state index contributed by atoms with van der Waals surface area (Å²) in [6.45, 7) is 5.69. The van der Waals surface area contributed by atoms with E-state index in [0.29, 0.717) is 30.0 Å². The van der Waals surface area contributed by atoms with E-state index in [2.05, 4.69) is 50.8 Å². The van der Waals surface area contributed by atoms with Gasteiger partial charge in [-0.3, -0.25) is 0 Å². The topological polar surface area (TPSA) is 104 Å². The van der Waals surface area contributed by atoms with Gasteiger partial charge in [0, 0.05) is 36.6 Å². The average molecular weight is 562 g/mol. The summed E-state index contributed by atoms with van der Waals surface area (Å²) in [5.41, 5.74) is 3.30. The van der Waals surface area contributed by atoms with Crippen molar-refractivity contribution in [2.24, 2.45) is 0 Å². The van der Waals surface area contributed by atoms with Crippen molar-refractivity contribution in [2.45, 2.75) is 76.5 Å². The Balaban J connectivity index is 1.16. The fourth-order valence-electron chi connectivity index (χ4n) is 5.82. The van der Waals surface area contributed by atoms with Crippen molar-refractivity contribution in [2.75, 3.05) is 51.0 Å². The molecule has 0 amide bonds. The third kappa shape index (κ3) is 8.44. The molecule has 3 aromatic rings. The van der Waals surface area contributed by atoms with Gasteiger partial charge >= 0.3 is 0 Å². The van der Waals surface area contributed by atoms with E-state index in [4.69, 9.17) is 19.4 Å². The molecule has 0 bridgehead atoms. The van der Waals surface area contributed by atoms with E-state index in [0.717, 1.165) is 74.7 Å². The van der Waals surface area contributed by atoms with Gasteiger partial charge in [0.05, 0.1) is 19.7 Å². The number of hydrogen-bond donors (Lipinski definition) is 5. The van der Waals surface area contributed by atoms with E-state index in [1.807, 2.05) is 12.1 Å². The number of piperidine rings is 1. The minimum atomic E-state index is 0.365. The molecule has 0 spiro atoms. The number of nitrogens with zero attached hydrogens (tertiary/aromatic N) is 2. The summed E-state index contributed by atoms with van der Waals surface area (Å²) >= 11 is 0. The molecule has 2 fully saturated rings. The lowest BCUT2D eigenvalue weighted by Crippen LogP contribution is -2.35. The maximum Gasteiger partial charge on any atom is 0.225 e. The molecule has 1 aliphatic heterocycles. The van der Waals surface area contributed by atoms with Crippen LogP contribution >= 0.6 is 0 Å². The number of aromatic nitrogens is 2. The minimum Gasteiger partial charge on any atom is -0.493 e. The van der Waals surface area contributed by atoms with Gasteiger partial charge in [-0.1, -0.05) is 43.5 Å². The van der Waals surface area contributed by atoms with Gasteiger partial charge in [-0.15, -0.1) is 0 Å². The number of anilines is 2. The molecule has 9 heteroatoms. The number of methoxy groups -OCH3 is 2. The Morgan fingerprint density at radius 1 is 0.805 bits per heavy atom. The van der Waals surface area contributed by atoms with Gasteiger partial charge in [0.1, 0.15) is 5.82 Å². The second-order valence-electron chi connectivity index (χ2n) is 11.3. The molecule has 41 heavy (non-hydrogen) atoms. The lowest BCUT2D eigenvalue weighted by Gasteiger charge is -2.25. The second kappa shape index (κ2) is 15.2. The molecule has 0 radical (unpaired) electrons. The van der Waals surface area contributed by atoms with Crippen molar-refractivity contribution in [3.05, 3.63) is 47.5 Å². The lowest BCUT2D eigenvalue weighted by atomic mass is 9.95. The Morgan fingerprint density at radius 2 is 1.51 bits per heavy atom. The van der Waals surface area contributed by atoms with E-state index in [-0.39, 0.29) is 0 Å². The maximum atomic E-state index is 5.56. The van der Waals surface area contributed by atoms with Gasteiger partial charge in [-0.05, 0) is 75.5 Å². The molecule has 2 aliphatic rings. The number of benzene rings is 2. The molecule has 0 unspecified atom stereocenters. The van der Waals surface area contributed by atoms with Crippen LogP contribution in [-0.2, 0) is 13.1 Å². The van der Waals surface area contributed by atoms with Crippen LogP contribution in [0.15, 0.2) is 36.4 Å². The van der Waals surface area contributed by atoms with Crippen LogP contribution in [0.4, 0.5) is 11.8 Å². The van der Waals surface area contributed by atoms with Gasteiger partial charge < -0.3 is 36.1 Å². The van der Waals surface area contributed by atoms with Crippen molar-refractivity contribution in [3.8, 4) is 11.5 Å². The molecule has 1 saturated carbocycles. The van der Waals surface area contributed by atoms with Crippen LogP contribution in [0.25, 0.3) is 10.9 Å². The highest BCUT2D eigenvalue weighted by molar-refractivity contribution is 5.92. The van der Waals surface area contributed by atoms with E-state index < -0.39 is 0 Å². The molecule has 2 heterocycles. The first-order valence-corrected chi connectivity index (χ1v) is 15.4. The third-order valence-corrected chi connectivity index (χ3v) is 8.25. The highest BCUT2D eigenvalue weighted by Crippen LogP contribution is 2.35. The molecular formula is C32H47N7O2. The summed E-state index contributed by atoms with van der Waals surface area (Å²) in [6, 6.07) is 13.7. The Bertz CT molecular complexity index is 1220. The Hall–Kier alpha value is -3.14. The van der Waals surface area contributed by atoms with Crippen molar-refractivity contribution in [1.29, 1.82) is 0 Å². The molecular weight excluding hydrogens is 514 g/mol. The zero-order valence-electron chi connectivity index (χ0n) is 24.7. The second-order valence-corrected chi connectivity index (χ2v) is 11.3. The van der Waals surface area contributed by atoms with Crippen LogP contribution in [0.2, 0.25) is 0 Å².